The molecule has 0 aromatic heterocycles. The molecule has 0 spiro atoms. The SMILES string of the molecule is C/C=C/C(C)=C(\C=C/C(C)F)C1=C(c2ccc(CC3CCCC3)cc2)c2ccc(N)cc2CCC1. The molecular formula is C33H40FN. The molecule has 35 heavy (non-hydrogen) atoms. The molecule has 0 aliphatic heterocycles. The first-order valence-electron chi connectivity index (χ1n) is 13.3. The Morgan fingerprint density at radius 2 is 1.77 bits per heavy atom. The van der Waals surface area contributed by atoms with Crippen molar-refractivity contribution in [2.24, 2.45) is 5.92 Å². The second kappa shape index (κ2) is 11.7. The van der Waals surface area contributed by atoms with E-state index in [0.29, 0.717) is 0 Å². The average Bonchev–Trinajstić information content (AvgIpc) is 3.27. The van der Waals surface area contributed by atoms with Gasteiger partial charge in [0, 0.05) is 5.69 Å². The summed E-state index contributed by atoms with van der Waals surface area (Å²) in [5, 5.41) is 0. The minimum absolute atomic E-state index is 0.811. The van der Waals surface area contributed by atoms with Crippen LogP contribution in [0.5, 0.6) is 0 Å². The van der Waals surface area contributed by atoms with Gasteiger partial charge in [0.25, 0.3) is 0 Å². The van der Waals surface area contributed by atoms with Crippen molar-refractivity contribution >= 4 is 11.3 Å². The van der Waals surface area contributed by atoms with Crippen LogP contribution in [0.3, 0.4) is 0 Å². The van der Waals surface area contributed by atoms with E-state index in [9.17, 15) is 4.39 Å². The summed E-state index contributed by atoms with van der Waals surface area (Å²) >= 11 is 0. The fraction of sp³-hybridized carbons (Fsp3) is 0.394. The molecule has 2 aromatic rings. The predicted octanol–water partition coefficient (Wildman–Crippen LogP) is 8.95. The van der Waals surface area contributed by atoms with E-state index < -0.39 is 6.17 Å². The molecule has 2 aliphatic rings. The Hall–Kier alpha value is -2.87. The number of hydrogen-bond donors (Lipinski definition) is 1. The molecule has 1 fully saturated rings. The van der Waals surface area contributed by atoms with Crippen LogP contribution in [0.1, 0.15) is 81.5 Å². The number of aryl methyl sites for hydroxylation is 1. The summed E-state index contributed by atoms with van der Waals surface area (Å²) in [6.07, 6.45) is 16.5. The Morgan fingerprint density at radius 1 is 1.03 bits per heavy atom. The first-order chi connectivity index (χ1) is 17.0. The number of anilines is 1. The fourth-order valence-corrected chi connectivity index (χ4v) is 5.80. The number of nitrogen functional groups attached to an aromatic ring is 1. The summed E-state index contributed by atoms with van der Waals surface area (Å²) in [5.74, 6) is 0.836. The van der Waals surface area contributed by atoms with Gasteiger partial charge < -0.3 is 5.73 Å². The maximum Gasteiger partial charge on any atom is 0.116 e. The van der Waals surface area contributed by atoms with Crippen molar-refractivity contribution in [1.29, 1.82) is 0 Å². The number of rotatable bonds is 7. The zero-order chi connectivity index (χ0) is 24.8. The van der Waals surface area contributed by atoms with Crippen LogP contribution in [0.2, 0.25) is 0 Å². The number of fused-ring (bicyclic) bond motifs is 1. The lowest BCUT2D eigenvalue weighted by Gasteiger charge is -2.19. The Morgan fingerprint density at radius 3 is 2.46 bits per heavy atom. The van der Waals surface area contributed by atoms with Gasteiger partial charge in [-0.05, 0) is 109 Å². The minimum atomic E-state index is -0.986. The van der Waals surface area contributed by atoms with Crippen LogP contribution in [0.15, 0.2) is 83.5 Å². The summed E-state index contributed by atoms with van der Waals surface area (Å²) in [4.78, 5) is 0. The number of hydrogen-bond acceptors (Lipinski definition) is 1. The molecular weight excluding hydrogens is 429 g/mol. The lowest BCUT2D eigenvalue weighted by molar-refractivity contribution is 0.430. The summed E-state index contributed by atoms with van der Waals surface area (Å²) in [6.45, 7) is 5.75. The zero-order valence-corrected chi connectivity index (χ0v) is 21.6. The van der Waals surface area contributed by atoms with Crippen molar-refractivity contribution in [3.05, 3.63) is 106 Å². The summed E-state index contributed by atoms with van der Waals surface area (Å²) in [7, 11) is 0. The van der Waals surface area contributed by atoms with E-state index in [-0.39, 0.29) is 0 Å². The van der Waals surface area contributed by atoms with Crippen LogP contribution < -0.4 is 5.73 Å². The van der Waals surface area contributed by atoms with Gasteiger partial charge in [0.15, 0.2) is 0 Å². The van der Waals surface area contributed by atoms with Gasteiger partial charge in [0.2, 0.25) is 0 Å². The van der Waals surface area contributed by atoms with Gasteiger partial charge in [-0.1, -0.05) is 80.3 Å². The topological polar surface area (TPSA) is 26.0 Å². The van der Waals surface area contributed by atoms with Crippen LogP contribution in [0, 0.1) is 5.92 Å². The quantitative estimate of drug-likeness (QED) is 0.318. The zero-order valence-electron chi connectivity index (χ0n) is 21.6. The van der Waals surface area contributed by atoms with Crippen molar-refractivity contribution in [2.45, 2.75) is 78.3 Å². The van der Waals surface area contributed by atoms with E-state index in [1.807, 2.05) is 19.1 Å². The normalized spacial score (nSPS) is 18.7. The standard InChI is InChI=1S/C33H40FN/c1-4-8-23(2)30(19-13-24(3)34)32-12-7-11-28-22-29(35)18-20-31(28)33(32)27-16-14-26(15-17-27)21-25-9-5-6-10-25/h4,8,13-20,22,24-25H,5-7,9-12,21,35H2,1-3H3/b8-4+,19-13-,30-23+. The molecule has 1 atom stereocenters. The molecule has 2 aliphatic carbocycles. The van der Waals surface area contributed by atoms with Gasteiger partial charge in [0.05, 0.1) is 0 Å². The van der Waals surface area contributed by atoms with Gasteiger partial charge in [-0.2, -0.15) is 0 Å². The molecule has 1 unspecified atom stereocenters. The number of allylic oxidation sites excluding steroid dienone is 7. The van der Waals surface area contributed by atoms with Gasteiger partial charge in [0.1, 0.15) is 6.17 Å². The number of alkyl halides is 1. The molecule has 0 saturated heterocycles. The average molecular weight is 470 g/mol. The third kappa shape index (κ3) is 6.23. The third-order valence-corrected chi connectivity index (χ3v) is 7.51. The highest BCUT2D eigenvalue weighted by Crippen LogP contribution is 2.40. The molecule has 4 rings (SSSR count). The van der Waals surface area contributed by atoms with Crippen LogP contribution in [-0.2, 0) is 12.8 Å². The molecule has 0 radical (unpaired) electrons. The Kier molecular flexibility index (Phi) is 8.44. The van der Waals surface area contributed by atoms with E-state index in [0.717, 1.165) is 42.0 Å². The van der Waals surface area contributed by atoms with Crippen molar-refractivity contribution in [3.8, 4) is 0 Å². The second-order valence-electron chi connectivity index (χ2n) is 10.3. The Bertz CT molecular complexity index is 1140. The second-order valence-corrected chi connectivity index (χ2v) is 10.3. The summed E-state index contributed by atoms with van der Waals surface area (Å²) < 4.78 is 13.9. The smallest absolute Gasteiger partial charge is 0.116 e. The van der Waals surface area contributed by atoms with Gasteiger partial charge in [-0.3, -0.25) is 0 Å². The molecule has 1 saturated carbocycles. The van der Waals surface area contributed by atoms with Gasteiger partial charge in [-0.15, -0.1) is 0 Å². The molecule has 2 heteroatoms. The highest BCUT2D eigenvalue weighted by atomic mass is 19.1. The van der Waals surface area contributed by atoms with Crippen molar-refractivity contribution < 1.29 is 4.39 Å². The highest BCUT2D eigenvalue weighted by Gasteiger charge is 2.22. The predicted molar refractivity (Wildman–Crippen MR) is 149 cm³/mol. The largest absolute Gasteiger partial charge is 0.399 e. The Labute approximate surface area is 211 Å². The maximum atomic E-state index is 13.9. The van der Waals surface area contributed by atoms with Crippen molar-refractivity contribution in [3.63, 3.8) is 0 Å². The minimum Gasteiger partial charge on any atom is -0.399 e. The molecule has 2 N–H and O–H groups in total. The Balaban J connectivity index is 1.87. The third-order valence-electron chi connectivity index (χ3n) is 7.51. The van der Waals surface area contributed by atoms with Gasteiger partial charge in [-0.25, -0.2) is 4.39 Å². The molecule has 184 valence electrons. The first kappa shape index (κ1) is 25.2. The van der Waals surface area contributed by atoms with E-state index >= 15 is 0 Å². The number of benzene rings is 2. The molecule has 0 heterocycles. The van der Waals surface area contributed by atoms with E-state index in [2.05, 4.69) is 55.5 Å². The molecule has 1 nitrogen and oxygen atoms in total. The fourth-order valence-electron chi connectivity index (χ4n) is 5.80. The monoisotopic (exact) mass is 469 g/mol. The van der Waals surface area contributed by atoms with E-state index in [1.54, 1.807) is 13.0 Å². The summed E-state index contributed by atoms with van der Waals surface area (Å²) in [6, 6.07) is 15.6. The molecule has 0 bridgehead atoms. The first-order valence-corrected chi connectivity index (χ1v) is 13.3. The van der Waals surface area contributed by atoms with Crippen LogP contribution in [0.25, 0.3) is 5.57 Å². The number of nitrogens with two attached hydrogens (primary N) is 1. The lowest BCUT2D eigenvalue weighted by atomic mass is 9.85. The van der Waals surface area contributed by atoms with Gasteiger partial charge >= 0.3 is 0 Å². The van der Waals surface area contributed by atoms with Crippen LogP contribution >= 0.6 is 0 Å². The van der Waals surface area contributed by atoms with E-state index in [1.165, 1.54) is 65.5 Å². The highest BCUT2D eigenvalue weighted by molar-refractivity contribution is 5.88. The lowest BCUT2D eigenvalue weighted by Crippen LogP contribution is -2.02. The van der Waals surface area contributed by atoms with Crippen LogP contribution in [-0.4, -0.2) is 6.17 Å². The molecule has 2 aromatic carbocycles. The van der Waals surface area contributed by atoms with E-state index in [4.69, 9.17) is 5.73 Å². The maximum absolute atomic E-state index is 13.9. The molecule has 0 amide bonds. The van der Waals surface area contributed by atoms with Crippen molar-refractivity contribution in [2.75, 3.05) is 5.73 Å². The summed E-state index contributed by atoms with van der Waals surface area (Å²) in [5.41, 5.74) is 17.1. The number of halogens is 1. The van der Waals surface area contributed by atoms with Crippen LogP contribution in [0.4, 0.5) is 10.1 Å². The van der Waals surface area contributed by atoms with Crippen molar-refractivity contribution in [1.82, 2.24) is 0 Å².